The van der Waals surface area contributed by atoms with E-state index in [0.29, 0.717) is 11.9 Å². The topological polar surface area (TPSA) is 84.7 Å². The Bertz CT molecular complexity index is 446. The van der Waals surface area contributed by atoms with Crippen molar-refractivity contribution in [3.05, 3.63) is 28.3 Å². The largest absolute Gasteiger partial charge is 0.628 e. The van der Waals surface area contributed by atoms with Gasteiger partial charge in [0, 0.05) is 0 Å². The SMILES string of the molecule is CC[P+]([O-])=COc1ccc(OC)cc1[N+](=O)[O-]. The highest BCUT2D eigenvalue weighted by Crippen LogP contribution is 2.31. The standard InChI is InChI=1S/C10H12NO5P/c1-3-17(14)7-16-10-5-4-8(15-2)6-9(10)11(12)13/h4-7H,3H2,1-2H3. The third-order valence-electron chi connectivity index (χ3n) is 1.97. The molecule has 1 rings (SSSR count). The fourth-order valence-electron chi connectivity index (χ4n) is 1.06. The first kappa shape index (κ1) is 13.4. The van der Waals surface area contributed by atoms with Crippen molar-refractivity contribution in [2.24, 2.45) is 0 Å². The summed E-state index contributed by atoms with van der Waals surface area (Å²) in [5, 5.41) is 10.8. The maximum atomic E-state index is 11.2. The molecule has 0 heterocycles. The van der Waals surface area contributed by atoms with Gasteiger partial charge >= 0.3 is 5.69 Å². The van der Waals surface area contributed by atoms with Gasteiger partial charge in [0.15, 0.2) is 0 Å². The number of nitro groups is 1. The number of benzene rings is 1. The number of ether oxygens (including phenoxy) is 2. The minimum Gasteiger partial charge on any atom is -0.628 e. The van der Waals surface area contributed by atoms with Crippen LogP contribution in [0.25, 0.3) is 0 Å². The van der Waals surface area contributed by atoms with Crippen molar-refractivity contribution in [2.45, 2.75) is 6.92 Å². The fraction of sp³-hybridized carbons (Fsp3) is 0.300. The van der Waals surface area contributed by atoms with Crippen LogP contribution in [-0.2, 0) is 0 Å². The number of nitro benzene ring substituents is 1. The third kappa shape index (κ3) is 3.69. The molecule has 0 radical (unpaired) electrons. The minimum atomic E-state index is -1.60. The Morgan fingerprint density at radius 2 is 2.24 bits per heavy atom. The lowest BCUT2D eigenvalue weighted by atomic mass is 10.3. The lowest BCUT2D eigenvalue weighted by Gasteiger charge is -2.03. The summed E-state index contributed by atoms with van der Waals surface area (Å²) >= 11 is 0. The van der Waals surface area contributed by atoms with Crippen molar-refractivity contribution >= 4 is 19.4 Å². The lowest BCUT2D eigenvalue weighted by Crippen LogP contribution is -2.00. The average molecular weight is 257 g/mol. The van der Waals surface area contributed by atoms with Crippen molar-refractivity contribution in [1.82, 2.24) is 0 Å². The number of methoxy groups -OCH3 is 1. The maximum absolute atomic E-state index is 11.2. The van der Waals surface area contributed by atoms with Gasteiger partial charge in [-0.15, -0.1) is 0 Å². The number of hydrogen-bond acceptors (Lipinski definition) is 5. The van der Waals surface area contributed by atoms with Crippen molar-refractivity contribution in [1.29, 1.82) is 0 Å². The normalized spacial score (nSPS) is 11.1. The lowest BCUT2D eigenvalue weighted by molar-refractivity contribution is -0.385. The van der Waals surface area contributed by atoms with Gasteiger partial charge in [-0.05, 0) is 19.1 Å². The average Bonchev–Trinajstić information content (AvgIpc) is 2.35. The Morgan fingerprint density at radius 3 is 2.76 bits per heavy atom. The van der Waals surface area contributed by atoms with Gasteiger partial charge in [-0.1, -0.05) is 0 Å². The van der Waals surface area contributed by atoms with E-state index in [9.17, 15) is 15.0 Å². The van der Waals surface area contributed by atoms with Crippen LogP contribution in [0.5, 0.6) is 11.5 Å². The van der Waals surface area contributed by atoms with Gasteiger partial charge in [-0.2, -0.15) is 0 Å². The summed E-state index contributed by atoms with van der Waals surface area (Å²) in [6.45, 7) is 1.74. The summed E-state index contributed by atoms with van der Waals surface area (Å²) < 4.78 is 9.92. The molecule has 0 spiro atoms. The van der Waals surface area contributed by atoms with E-state index >= 15 is 0 Å². The first-order valence-electron chi connectivity index (χ1n) is 4.84. The van der Waals surface area contributed by atoms with E-state index in [1.54, 1.807) is 6.92 Å². The fourth-order valence-corrected chi connectivity index (χ4v) is 1.44. The van der Waals surface area contributed by atoms with Crippen LogP contribution in [0.3, 0.4) is 0 Å². The maximum Gasteiger partial charge on any atom is 0.315 e. The summed E-state index contributed by atoms with van der Waals surface area (Å²) in [6, 6.07) is 4.20. The highest BCUT2D eigenvalue weighted by atomic mass is 31.1. The molecule has 0 amide bonds. The van der Waals surface area contributed by atoms with Gasteiger partial charge in [0.2, 0.25) is 5.75 Å². The predicted octanol–water partition coefficient (Wildman–Crippen LogP) is 1.52. The van der Waals surface area contributed by atoms with Crippen molar-refractivity contribution < 1.29 is 19.3 Å². The molecule has 0 aliphatic heterocycles. The third-order valence-corrected chi connectivity index (χ3v) is 2.94. The molecule has 1 atom stereocenters. The first-order valence-corrected chi connectivity index (χ1v) is 6.36. The molecule has 0 saturated heterocycles. The summed E-state index contributed by atoms with van der Waals surface area (Å²) in [5.74, 6) is 1.53. The smallest absolute Gasteiger partial charge is 0.315 e. The second-order valence-electron chi connectivity index (χ2n) is 3.05. The van der Waals surface area contributed by atoms with Gasteiger partial charge in [-0.25, -0.2) is 0 Å². The summed E-state index contributed by atoms with van der Waals surface area (Å²) in [7, 11) is -0.180. The van der Waals surface area contributed by atoms with E-state index in [1.807, 2.05) is 0 Å². The van der Waals surface area contributed by atoms with Crippen LogP contribution in [0.1, 0.15) is 6.92 Å². The molecule has 0 fully saturated rings. The van der Waals surface area contributed by atoms with Crippen molar-refractivity contribution in [3.63, 3.8) is 0 Å². The molecule has 0 saturated carbocycles. The number of rotatable bonds is 5. The van der Waals surface area contributed by atoms with Crippen LogP contribution in [0.15, 0.2) is 18.2 Å². The molecule has 0 N–H and O–H groups in total. The second-order valence-corrected chi connectivity index (χ2v) is 4.72. The quantitative estimate of drug-likeness (QED) is 0.453. The van der Waals surface area contributed by atoms with Crippen molar-refractivity contribution in [2.75, 3.05) is 13.3 Å². The molecule has 0 bridgehead atoms. The zero-order valence-corrected chi connectivity index (χ0v) is 10.3. The number of nitrogens with zero attached hydrogens (tertiary/aromatic N) is 1. The molecule has 92 valence electrons. The van der Waals surface area contributed by atoms with Gasteiger partial charge in [0.1, 0.15) is 11.9 Å². The Kier molecular flexibility index (Phi) is 4.87. The molecular weight excluding hydrogens is 245 g/mol. The minimum absolute atomic E-state index is 0.0487. The van der Waals surface area contributed by atoms with Crippen LogP contribution in [0, 0.1) is 10.1 Å². The van der Waals surface area contributed by atoms with Gasteiger partial charge < -0.3 is 14.4 Å². The Balaban J connectivity index is 3.02. The van der Waals surface area contributed by atoms with E-state index in [-0.39, 0.29) is 11.4 Å². The molecule has 17 heavy (non-hydrogen) atoms. The molecule has 7 heteroatoms. The molecule has 0 aliphatic carbocycles. The zero-order valence-electron chi connectivity index (χ0n) is 9.45. The molecule has 6 nitrogen and oxygen atoms in total. The van der Waals surface area contributed by atoms with Gasteiger partial charge in [-0.3, -0.25) is 10.1 Å². The Hall–Kier alpha value is -1.65. The van der Waals surface area contributed by atoms with Gasteiger partial charge in [0.25, 0.3) is 5.98 Å². The van der Waals surface area contributed by atoms with Crippen LogP contribution < -0.4 is 14.4 Å². The molecule has 0 aromatic heterocycles. The highest BCUT2D eigenvalue weighted by molar-refractivity contribution is 7.49. The van der Waals surface area contributed by atoms with E-state index in [1.165, 1.54) is 25.3 Å². The Labute approximate surface area is 99.4 Å². The summed E-state index contributed by atoms with van der Waals surface area (Å²) in [4.78, 5) is 21.4. The predicted molar refractivity (Wildman–Crippen MR) is 63.8 cm³/mol. The summed E-state index contributed by atoms with van der Waals surface area (Å²) in [6.07, 6.45) is 0.430. The first-order chi connectivity index (χ1) is 8.08. The second kappa shape index (κ2) is 6.18. The van der Waals surface area contributed by atoms with Crippen LogP contribution in [0.4, 0.5) is 5.69 Å². The number of hydrogen-bond donors (Lipinski definition) is 0. The van der Waals surface area contributed by atoms with E-state index in [0.717, 1.165) is 5.98 Å². The van der Waals surface area contributed by atoms with Crippen LogP contribution in [-0.4, -0.2) is 24.2 Å². The molecule has 1 aromatic rings. The van der Waals surface area contributed by atoms with Gasteiger partial charge in [0.05, 0.1) is 25.9 Å². The highest BCUT2D eigenvalue weighted by Gasteiger charge is 2.16. The van der Waals surface area contributed by atoms with Crippen molar-refractivity contribution in [3.8, 4) is 11.5 Å². The van der Waals surface area contributed by atoms with E-state index in [2.05, 4.69) is 0 Å². The molecule has 1 aromatic carbocycles. The monoisotopic (exact) mass is 257 g/mol. The zero-order chi connectivity index (χ0) is 12.8. The van der Waals surface area contributed by atoms with Crippen LogP contribution in [0.2, 0.25) is 0 Å². The van der Waals surface area contributed by atoms with E-state index in [4.69, 9.17) is 9.47 Å². The van der Waals surface area contributed by atoms with Crippen LogP contribution >= 0.6 is 7.77 Å². The molecular formula is C10H12NO5P. The molecule has 0 aliphatic rings. The Morgan fingerprint density at radius 1 is 1.53 bits per heavy atom. The summed E-state index contributed by atoms with van der Waals surface area (Å²) in [5.41, 5.74) is -0.222. The van der Waals surface area contributed by atoms with E-state index < -0.39 is 12.7 Å². The molecule has 1 unspecified atom stereocenters.